The Morgan fingerprint density at radius 3 is 3.05 bits per heavy atom. The van der Waals surface area contributed by atoms with Crippen LogP contribution in [0.5, 0.6) is 0 Å². The summed E-state index contributed by atoms with van der Waals surface area (Å²) in [5.41, 5.74) is 2.04. The zero-order valence-electron chi connectivity index (χ0n) is 11.3. The Labute approximate surface area is 121 Å². The Morgan fingerprint density at radius 1 is 1.50 bits per heavy atom. The third kappa shape index (κ3) is 2.36. The fourth-order valence-corrected chi connectivity index (χ4v) is 3.46. The van der Waals surface area contributed by atoms with Crippen LogP contribution >= 0.6 is 11.3 Å². The lowest BCUT2D eigenvalue weighted by molar-refractivity contribution is 0.0606. The lowest BCUT2D eigenvalue weighted by Crippen LogP contribution is -2.27. The van der Waals surface area contributed by atoms with E-state index in [1.807, 2.05) is 22.2 Å². The SMILES string of the molecule is COC(=O)c1sccc1-n1cncc1C1CCNCC1. The molecule has 1 aliphatic heterocycles. The number of rotatable bonds is 3. The second kappa shape index (κ2) is 5.76. The van der Waals surface area contributed by atoms with E-state index in [4.69, 9.17) is 4.74 Å². The zero-order valence-corrected chi connectivity index (χ0v) is 12.2. The highest BCUT2D eigenvalue weighted by Crippen LogP contribution is 2.30. The average Bonchev–Trinajstić information content (AvgIpc) is 3.15. The number of esters is 1. The molecule has 3 heterocycles. The molecule has 5 nitrogen and oxygen atoms in total. The van der Waals surface area contributed by atoms with Crippen LogP contribution in [0.2, 0.25) is 0 Å². The van der Waals surface area contributed by atoms with E-state index >= 15 is 0 Å². The number of hydrogen-bond donors (Lipinski definition) is 1. The van der Waals surface area contributed by atoms with Crippen LogP contribution in [0, 0.1) is 0 Å². The van der Waals surface area contributed by atoms with Gasteiger partial charge in [-0.2, -0.15) is 0 Å². The molecule has 2 aromatic rings. The summed E-state index contributed by atoms with van der Waals surface area (Å²) in [5.74, 6) is 0.198. The van der Waals surface area contributed by atoms with E-state index in [0.29, 0.717) is 10.8 Å². The fourth-order valence-electron chi connectivity index (χ4n) is 2.66. The van der Waals surface area contributed by atoms with Gasteiger partial charge in [0.25, 0.3) is 0 Å². The van der Waals surface area contributed by atoms with Gasteiger partial charge in [-0.1, -0.05) is 0 Å². The van der Waals surface area contributed by atoms with Gasteiger partial charge in [0, 0.05) is 17.8 Å². The van der Waals surface area contributed by atoms with E-state index in [2.05, 4.69) is 10.3 Å². The van der Waals surface area contributed by atoms with Crippen molar-refractivity contribution in [1.29, 1.82) is 0 Å². The predicted molar refractivity (Wildman–Crippen MR) is 77.6 cm³/mol. The molecule has 3 rings (SSSR count). The van der Waals surface area contributed by atoms with Gasteiger partial charge in [-0.05, 0) is 37.4 Å². The Kier molecular flexibility index (Phi) is 3.84. The van der Waals surface area contributed by atoms with E-state index in [-0.39, 0.29) is 5.97 Å². The molecule has 1 saturated heterocycles. The molecule has 0 aliphatic carbocycles. The molecule has 1 N–H and O–H groups in total. The quantitative estimate of drug-likeness (QED) is 0.881. The fraction of sp³-hybridized carbons (Fsp3) is 0.429. The van der Waals surface area contributed by atoms with Crippen LogP contribution in [-0.2, 0) is 4.74 Å². The van der Waals surface area contributed by atoms with E-state index in [9.17, 15) is 4.79 Å². The lowest BCUT2D eigenvalue weighted by atomic mass is 9.95. The van der Waals surface area contributed by atoms with Crippen LogP contribution in [-0.4, -0.2) is 35.7 Å². The maximum atomic E-state index is 11.8. The molecular formula is C14H17N3O2S. The van der Waals surface area contributed by atoms with Gasteiger partial charge in [-0.3, -0.25) is 0 Å². The number of nitrogens with zero attached hydrogens (tertiary/aromatic N) is 2. The van der Waals surface area contributed by atoms with Crippen molar-refractivity contribution in [2.45, 2.75) is 18.8 Å². The van der Waals surface area contributed by atoms with Crippen LogP contribution in [0.1, 0.15) is 34.1 Å². The molecule has 0 spiro atoms. The molecule has 20 heavy (non-hydrogen) atoms. The van der Waals surface area contributed by atoms with Crippen molar-refractivity contribution in [3.63, 3.8) is 0 Å². The first-order chi connectivity index (χ1) is 9.81. The first-order valence-corrected chi connectivity index (χ1v) is 7.58. The third-order valence-electron chi connectivity index (χ3n) is 3.70. The standard InChI is InChI=1S/C14H17N3O2S/c1-19-14(18)13-11(4-7-20-13)17-9-16-8-12(17)10-2-5-15-6-3-10/h4,7-10,15H,2-3,5-6H2,1H3. The number of imidazole rings is 1. The molecule has 1 aliphatic rings. The second-order valence-electron chi connectivity index (χ2n) is 4.84. The Morgan fingerprint density at radius 2 is 2.30 bits per heavy atom. The molecule has 0 amide bonds. The monoisotopic (exact) mass is 291 g/mol. The largest absolute Gasteiger partial charge is 0.465 e. The summed E-state index contributed by atoms with van der Waals surface area (Å²) in [6.07, 6.45) is 5.90. The smallest absolute Gasteiger partial charge is 0.350 e. The minimum Gasteiger partial charge on any atom is -0.465 e. The maximum Gasteiger partial charge on any atom is 0.350 e. The number of ether oxygens (including phenoxy) is 1. The number of nitrogens with one attached hydrogen (secondary N) is 1. The van der Waals surface area contributed by atoms with Gasteiger partial charge in [0.05, 0.1) is 19.1 Å². The van der Waals surface area contributed by atoms with Crippen LogP contribution < -0.4 is 5.32 Å². The normalized spacial score (nSPS) is 16.2. The molecule has 0 aromatic carbocycles. The number of piperidine rings is 1. The number of methoxy groups -OCH3 is 1. The average molecular weight is 291 g/mol. The van der Waals surface area contributed by atoms with Crippen LogP contribution in [0.3, 0.4) is 0 Å². The molecule has 0 saturated carbocycles. The topological polar surface area (TPSA) is 56.2 Å². The van der Waals surface area contributed by atoms with Crippen LogP contribution in [0.4, 0.5) is 0 Å². The van der Waals surface area contributed by atoms with Crippen molar-refractivity contribution in [2.24, 2.45) is 0 Å². The summed E-state index contributed by atoms with van der Waals surface area (Å²) >= 11 is 1.40. The Hall–Kier alpha value is -1.66. The molecule has 106 valence electrons. The molecule has 0 unspecified atom stereocenters. The number of thiophene rings is 1. The summed E-state index contributed by atoms with van der Waals surface area (Å²) in [5, 5.41) is 5.28. The summed E-state index contributed by atoms with van der Waals surface area (Å²) in [4.78, 5) is 16.7. The molecule has 0 bridgehead atoms. The highest BCUT2D eigenvalue weighted by molar-refractivity contribution is 7.12. The first-order valence-electron chi connectivity index (χ1n) is 6.70. The maximum absolute atomic E-state index is 11.8. The summed E-state index contributed by atoms with van der Waals surface area (Å²) < 4.78 is 6.87. The van der Waals surface area contributed by atoms with E-state index < -0.39 is 0 Å². The van der Waals surface area contributed by atoms with Crippen molar-refractivity contribution < 1.29 is 9.53 Å². The lowest BCUT2D eigenvalue weighted by Gasteiger charge is -2.23. The van der Waals surface area contributed by atoms with Gasteiger partial charge < -0.3 is 14.6 Å². The van der Waals surface area contributed by atoms with Gasteiger partial charge >= 0.3 is 5.97 Å². The van der Waals surface area contributed by atoms with Crippen LogP contribution in [0.15, 0.2) is 24.0 Å². The highest BCUT2D eigenvalue weighted by atomic mass is 32.1. The molecule has 0 radical (unpaired) electrons. The van der Waals surface area contributed by atoms with Gasteiger partial charge in [0.15, 0.2) is 0 Å². The molecule has 1 fully saturated rings. The van der Waals surface area contributed by atoms with E-state index in [1.165, 1.54) is 24.1 Å². The van der Waals surface area contributed by atoms with Crippen LogP contribution in [0.25, 0.3) is 5.69 Å². The molecular weight excluding hydrogens is 274 g/mol. The predicted octanol–water partition coefficient (Wildman–Crippen LogP) is 2.19. The van der Waals surface area contributed by atoms with E-state index in [1.54, 1.807) is 6.33 Å². The first kappa shape index (κ1) is 13.3. The van der Waals surface area contributed by atoms with Gasteiger partial charge in [0.2, 0.25) is 0 Å². The number of carbonyl (C=O) groups is 1. The Balaban J connectivity index is 1.97. The minimum atomic E-state index is -0.292. The summed E-state index contributed by atoms with van der Waals surface area (Å²) in [6, 6.07) is 1.95. The minimum absolute atomic E-state index is 0.292. The zero-order chi connectivity index (χ0) is 13.9. The summed E-state index contributed by atoms with van der Waals surface area (Å²) in [6.45, 7) is 2.06. The van der Waals surface area contributed by atoms with Gasteiger partial charge in [-0.15, -0.1) is 11.3 Å². The molecule has 0 atom stereocenters. The van der Waals surface area contributed by atoms with Crippen molar-refractivity contribution in [2.75, 3.05) is 20.2 Å². The molecule has 6 heteroatoms. The molecule has 2 aromatic heterocycles. The third-order valence-corrected chi connectivity index (χ3v) is 4.58. The number of aromatic nitrogens is 2. The summed E-state index contributed by atoms with van der Waals surface area (Å²) in [7, 11) is 1.41. The van der Waals surface area contributed by atoms with Gasteiger partial charge in [0.1, 0.15) is 4.88 Å². The number of carbonyl (C=O) groups excluding carboxylic acids is 1. The number of hydrogen-bond acceptors (Lipinski definition) is 5. The Bertz CT molecular complexity index is 599. The van der Waals surface area contributed by atoms with Gasteiger partial charge in [-0.25, -0.2) is 9.78 Å². The highest BCUT2D eigenvalue weighted by Gasteiger charge is 2.22. The van der Waals surface area contributed by atoms with Crippen molar-refractivity contribution in [1.82, 2.24) is 14.9 Å². The van der Waals surface area contributed by atoms with Crippen molar-refractivity contribution in [3.8, 4) is 5.69 Å². The van der Waals surface area contributed by atoms with Crippen molar-refractivity contribution >= 4 is 17.3 Å². The second-order valence-corrected chi connectivity index (χ2v) is 5.76. The van der Waals surface area contributed by atoms with E-state index in [0.717, 1.165) is 31.6 Å². The van der Waals surface area contributed by atoms with Crippen molar-refractivity contribution in [3.05, 3.63) is 34.5 Å².